The van der Waals surface area contributed by atoms with Crippen molar-refractivity contribution in [2.75, 3.05) is 31.1 Å². The Bertz CT molecular complexity index is 1360. The van der Waals surface area contributed by atoms with E-state index in [9.17, 15) is 9.90 Å². The average Bonchev–Trinajstić information content (AvgIpc) is 2.91. The number of rotatable bonds is 6. The van der Waals surface area contributed by atoms with Crippen LogP contribution >= 0.6 is 0 Å². The molecule has 1 N–H and O–H groups in total. The minimum Gasteiger partial charge on any atom is -0.507 e. The maximum Gasteiger partial charge on any atom is 0.259 e. The molecule has 0 amide bonds. The van der Waals surface area contributed by atoms with Gasteiger partial charge in [-0.25, -0.2) is 4.98 Å². The molecule has 0 radical (unpaired) electrons. The average molecular weight is 481 g/mol. The van der Waals surface area contributed by atoms with Crippen LogP contribution in [0, 0.1) is 13.8 Å². The van der Waals surface area contributed by atoms with Gasteiger partial charge in [0.1, 0.15) is 11.6 Å². The SMILES string of the molecule is Cc1ccc([C@H](c2c(O)cc(C)n(Cc3ccccc3)c2=O)N2CCN(c3ccccn3)CC2)cc1. The van der Waals surface area contributed by atoms with Gasteiger partial charge in [-0.3, -0.25) is 9.69 Å². The predicted molar refractivity (Wildman–Crippen MR) is 144 cm³/mol. The van der Waals surface area contributed by atoms with E-state index in [1.54, 1.807) is 10.6 Å². The Kier molecular flexibility index (Phi) is 6.87. The highest BCUT2D eigenvalue weighted by Gasteiger charge is 2.31. The molecule has 0 unspecified atom stereocenters. The van der Waals surface area contributed by atoms with Gasteiger partial charge in [-0.05, 0) is 43.2 Å². The fourth-order valence-corrected chi connectivity index (χ4v) is 5.05. The predicted octanol–water partition coefficient (Wildman–Crippen LogP) is 4.53. The van der Waals surface area contributed by atoms with Crippen molar-refractivity contribution in [3.05, 3.63) is 123 Å². The largest absolute Gasteiger partial charge is 0.507 e. The summed E-state index contributed by atoms with van der Waals surface area (Å²) in [6.07, 6.45) is 1.82. The number of piperazine rings is 1. The fourth-order valence-electron chi connectivity index (χ4n) is 5.05. The van der Waals surface area contributed by atoms with Crippen molar-refractivity contribution in [3.8, 4) is 5.75 Å². The highest BCUT2D eigenvalue weighted by atomic mass is 16.3. The van der Waals surface area contributed by atoms with Gasteiger partial charge in [0.15, 0.2) is 0 Å². The van der Waals surface area contributed by atoms with Crippen molar-refractivity contribution < 1.29 is 5.11 Å². The Hall–Kier alpha value is -3.90. The van der Waals surface area contributed by atoms with E-state index in [1.165, 1.54) is 0 Å². The summed E-state index contributed by atoms with van der Waals surface area (Å²) >= 11 is 0. The third-order valence-corrected chi connectivity index (χ3v) is 7.03. The Balaban J connectivity index is 1.53. The molecule has 2 aromatic heterocycles. The monoisotopic (exact) mass is 480 g/mol. The molecule has 1 atom stereocenters. The van der Waals surface area contributed by atoms with Crippen molar-refractivity contribution in [2.45, 2.75) is 26.4 Å². The molecule has 1 saturated heterocycles. The highest BCUT2D eigenvalue weighted by molar-refractivity contribution is 5.43. The second kappa shape index (κ2) is 10.4. The van der Waals surface area contributed by atoms with E-state index in [4.69, 9.17) is 0 Å². The molecular formula is C30H32N4O2. The van der Waals surface area contributed by atoms with E-state index in [0.29, 0.717) is 12.1 Å². The Morgan fingerprint density at radius 2 is 1.58 bits per heavy atom. The van der Waals surface area contributed by atoms with Crippen LogP contribution in [0.2, 0.25) is 0 Å². The summed E-state index contributed by atoms with van der Waals surface area (Å²) < 4.78 is 1.77. The molecule has 1 aliphatic rings. The molecule has 0 bridgehead atoms. The van der Waals surface area contributed by atoms with Gasteiger partial charge in [0.25, 0.3) is 5.56 Å². The molecule has 5 rings (SSSR count). The van der Waals surface area contributed by atoms with Crippen LogP contribution < -0.4 is 10.5 Å². The number of aryl methyl sites for hydroxylation is 2. The zero-order chi connectivity index (χ0) is 25.1. The topological polar surface area (TPSA) is 61.6 Å². The number of hydrogen-bond acceptors (Lipinski definition) is 5. The van der Waals surface area contributed by atoms with E-state index >= 15 is 0 Å². The van der Waals surface area contributed by atoms with E-state index in [1.807, 2.05) is 61.7 Å². The minimum absolute atomic E-state index is 0.0551. The molecule has 1 fully saturated rings. The molecule has 2 aromatic carbocycles. The van der Waals surface area contributed by atoms with Crippen molar-refractivity contribution in [3.63, 3.8) is 0 Å². The van der Waals surface area contributed by atoms with E-state index < -0.39 is 0 Å². The summed E-state index contributed by atoms with van der Waals surface area (Å²) in [5, 5.41) is 11.1. The van der Waals surface area contributed by atoms with Crippen LogP contribution in [0.4, 0.5) is 5.82 Å². The molecule has 0 saturated carbocycles. The van der Waals surface area contributed by atoms with Gasteiger partial charge in [-0.1, -0.05) is 66.2 Å². The molecule has 3 heterocycles. The second-order valence-electron chi connectivity index (χ2n) is 9.49. The van der Waals surface area contributed by atoms with Crippen LogP contribution in [0.5, 0.6) is 5.75 Å². The first-order valence-electron chi connectivity index (χ1n) is 12.4. The van der Waals surface area contributed by atoms with Gasteiger partial charge < -0.3 is 14.6 Å². The van der Waals surface area contributed by atoms with Gasteiger partial charge in [0.2, 0.25) is 0 Å². The molecule has 36 heavy (non-hydrogen) atoms. The molecule has 4 aromatic rings. The molecule has 1 aliphatic heterocycles. The second-order valence-corrected chi connectivity index (χ2v) is 9.49. The van der Waals surface area contributed by atoms with Gasteiger partial charge >= 0.3 is 0 Å². The highest BCUT2D eigenvalue weighted by Crippen LogP contribution is 2.34. The number of anilines is 1. The zero-order valence-corrected chi connectivity index (χ0v) is 20.8. The quantitative estimate of drug-likeness (QED) is 0.440. The first-order valence-corrected chi connectivity index (χ1v) is 12.4. The Morgan fingerprint density at radius 1 is 0.889 bits per heavy atom. The van der Waals surface area contributed by atoms with Crippen LogP contribution in [0.3, 0.4) is 0 Å². The van der Waals surface area contributed by atoms with Gasteiger partial charge in [0.05, 0.1) is 18.2 Å². The smallest absolute Gasteiger partial charge is 0.259 e. The minimum atomic E-state index is -0.341. The molecular weight excluding hydrogens is 448 g/mol. The molecule has 6 nitrogen and oxygen atoms in total. The van der Waals surface area contributed by atoms with Gasteiger partial charge in [-0.2, -0.15) is 0 Å². The number of benzene rings is 2. The Labute approximate surface area is 212 Å². The van der Waals surface area contributed by atoms with Crippen LogP contribution in [0.15, 0.2) is 89.9 Å². The Morgan fingerprint density at radius 3 is 2.25 bits per heavy atom. The third-order valence-electron chi connectivity index (χ3n) is 7.03. The van der Waals surface area contributed by atoms with Crippen LogP contribution in [-0.4, -0.2) is 45.7 Å². The molecule has 0 aliphatic carbocycles. The maximum atomic E-state index is 14.0. The van der Waals surface area contributed by atoms with E-state index in [-0.39, 0.29) is 17.4 Å². The first-order chi connectivity index (χ1) is 17.5. The molecule has 0 spiro atoms. The fraction of sp³-hybridized carbons (Fsp3) is 0.267. The van der Waals surface area contributed by atoms with Crippen molar-refractivity contribution in [1.82, 2.24) is 14.5 Å². The van der Waals surface area contributed by atoms with Crippen LogP contribution in [-0.2, 0) is 6.54 Å². The lowest BCUT2D eigenvalue weighted by Crippen LogP contribution is -2.49. The lowest BCUT2D eigenvalue weighted by Gasteiger charge is -2.40. The van der Waals surface area contributed by atoms with E-state index in [2.05, 4.69) is 46.0 Å². The zero-order valence-electron chi connectivity index (χ0n) is 20.8. The number of aromatic nitrogens is 2. The van der Waals surface area contributed by atoms with Crippen LogP contribution in [0.1, 0.15) is 34.0 Å². The van der Waals surface area contributed by atoms with Gasteiger partial charge in [0, 0.05) is 38.1 Å². The number of hydrogen-bond donors (Lipinski definition) is 1. The standard InChI is InChI=1S/C30H32N4O2/c1-22-11-13-25(14-12-22)29(33-18-16-32(17-19-33)27-10-6-7-15-31-27)28-26(35)20-23(2)34(30(28)36)21-24-8-4-3-5-9-24/h3-15,20,29,35H,16-19,21H2,1-2H3/t29-/m1/s1. The first kappa shape index (κ1) is 23.8. The molecule has 6 heteroatoms. The summed E-state index contributed by atoms with van der Waals surface area (Å²) in [6, 6.07) is 25.6. The summed E-state index contributed by atoms with van der Waals surface area (Å²) in [4.78, 5) is 23.1. The third kappa shape index (κ3) is 4.90. The van der Waals surface area contributed by atoms with E-state index in [0.717, 1.165) is 54.4 Å². The van der Waals surface area contributed by atoms with Crippen molar-refractivity contribution in [2.24, 2.45) is 0 Å². The summed E-state index contributed by atoms with van der Waals surface area (Å²) in [5.41, 5.74) is 4.25. The summed E-state index contributed by atoms with van der Waals surface area (Å²) in [6.45, 7) is 7.49. The summed E-state index contributed by atoms with van der Waals surface area (Å²) in [7, 11) is 0. The van der Waals surface area contributed by atoms with Crippen molar-refractivity contribution >= 4 is 5.82 Å². The number of aromatic hydroxyl groups is 1. The summed E-state index contributed by atoms with van der Waals surface area (Å²) in [5.74, 6) is 1.02. The number of pyridine rings is 2. The number of nitrogens with zero attached hydrogens (tertiary/aromatic N) is 4. The lowest BCUT2D eigenvalue weighted by molar-refractivity contribution is 0.207. The van der Waals surface area contributed by atoms with Gasteiger partial charge in [-0.15, -0.1) is 0 Å². The molecule has 184 valence electrons. The van der Waals surface area contributed by atoms with Crippen molar-refractivity contribution in [1.29, 1.82) is 0 Å². The normalized spacial score (nSPS) is 15.1. The van der Waals surface area contributed by atoms with Crippen LogP contribution in [0.25, 0.3) is 0 Å². The lowest BCUT2D eigenvalue weighted by atomic mass is 9.95. The maximum absolute atomic E-state index is 14.0.